The quantitative estimate of drug-likeness (QED) is 0.797. The topological polar surface area (TPSA) is 62.2 Å². The number of aliphatic hydroxyl groups is 1. The number of aliphatic hydroxyl groups excluding tert-OH is 1. The second-order valence-corrected chi connectivity index (χ2v) is 4.92. The maximum absolute atomic E-state index is 12.1. The van der Waals surface area contributed by atoms with Gasteiger partial charge in [-0.2, -0.15) is 11.8 Å². The second-order valence-electron chi connectivity index (χ2n) is 4.00. The molecule has 2 N–H and O–H groups in total. The van der Waals surface area contributed by atoms with Crippen molar-refractivity contribution >= 4 is 17.7 Å². The maximum atomic E-state index is 12.1. The summed E-state index contributed by atoms with van der Waals surface area (Å²) in [4.78, 5) is 16.2. The molecule has 0 saturated heterocycles. The number of hydrogen-bond acceptors (Lipinski definition) is 4. The summed E-state index contributed by atoms with van der Waals surface area (Å²) < 4.78 is 0. The zero-order chi connectivity index (χ0) is 14.1. The number of nitrogens with one attached hydrogen (secondary N) is 1. The van der Waals surface area contributed by atoms with Crippen LogP contribution in [0.2, 0.25) is 0 Å². The van der Waals surface area contributed by atoms with Crippen molar-refractivity contribution in [3.05, 3.63) is 29.6 Å². The summed E-state index contributed by atoms with van der Waals surface area (Å²) in [5.41, 5.74) is 0.922. The first-order chi connectivity index (χ1) is 9.19. The Kier molecular flexibility index (Phi) is 7.01. The summed E-state index contributed by atoms with van der Waals surface area (Å²) in [7, 11) is 0. The summed E-state index contributed by atoms with van der Waals surface area (Å²) in [5, 5.41) is 11.6. The molecule has 1 heterocycles. The van der Waals surface area contributed by atoms with Gasteiger partial charge < -0.3 is 10.4 Å². The normalized spacial score (nSPS) is 11.3. The van der Waals surface area contributed by atoms with Crippen molar-refractivity contribution in [2.24, 2.45) is 0 Å². The number of thioether (sulfide) groups is 1. The molecule has 19 heavy (non-hydrogen) atoms. The molecule has 5 heteroatoms. The fourth-order valence-corrected chi connectivity index (χ4v) is 2.07. The van der Waals surface area contributed by atoms with Crippen molar-refractivity contribution in [3.8, 4) is 11.8 Å². The zero-order valence-electron chi connectivity index (χ0n) is 11.1. The monoisotopic (exact) mass is 278 g/mol. The minimum atomic E-state index is -0.213. The van der Waals surface area contributed by atoms with E-state index in [0.717, 1.165) is 5.75 Å². The Morgan fingerprint density at radius 2 is 2.42 bits per heavy atom. The van der Waals surface area contributed by atoms with Gasteiger partial charge in [0.25, 0.3) is 5.91 Å². The smallest absolute Gasteiger partial charge is 0.271 e. The molecule has 0 fully saturated rings. The summed E-state index contributed by atoms with van der Waals surface area (Å²) in [5.74, 6) is 6.30. The Labute approximate surface area is 118 Å². The predicted molar refractivity (Wildman–Crippen MR) is 78.1 cm³/mol. The van der Waals surface area contributed by atoms with E-state index in [9.17, 15) is 4.79 Å². The lowest BCUT2D eigenvalue weighted by Crippen LogP contribution is -2.35. The first kappa shape index (κ1) is 15.5. The first-order valence-electron chi connectivity index (χ1n) is 6.03. The van der Waals surface area contributed by atoms with Crippen molar-refractivity contribution in [3.63, 3.8) is 0 Å². The van der Waals surface area contributed by atoms with Gasteiger partial charge in [-0.15, -0.1) is 0 Å². The van der Waals surface area contributed by atoms with Crippen molar-refractivity contribution < 1.29 is 9.90 Å². The minimum Gasteiger partial charge on any atom is -0.395 e. The molecule has 1 rings (SSSR count). The molecule has 1 amide bonds. The van der Waals surface area contributed by atoms with E-state index in [-0.39, 0.29) is 18.6 Å². The average molecular weight is 278 g/mol. The van der Waals surface area contributed by atoms with Gasteiger partial charge in [0.15, 0.2) is 0 Å². The Morgan fingerprint density at radius 1 is 1.63 bits per heavy atom. The van der Waals surface area contributed by atoms with Crippen LogP contribution in [0.1, 0.15) is 29.4 Å². The van der Waals surface area contributed by atoms with Crippen LogP contribution in [-0.4, -0.2) is 40.7 Å². The lowest BCUT2D eigenvalue weighted by Gasteiger charge is -2.12. The van der Waals surface area contributed by atoms with Crippen molar-refractivity contribution in [2.75, 3.05) is 18.6 Å². The molecule has 0 aliphatic rings. The number of rotatable bonds is 5. The molecule has 102 valence electrons. The van der Waals surface area contributed by atoms with Crippen LogP contribution in [-0.2, 0) is 0 Å². The molecular weight excluding hydrogens is 260 g/mol. The number of nitrogens with zero attached hydrogens (tertiary/aromatic N) is 1. The van der Waals surface area contributed by atoms with Gasteiger partial charge >= 0.3 is 0 Å². The van der Waals surface area contributed by atoms with Crippen LogP contribution in [0.4, 0.5) is 0 Å². The Bertz CT molecular complexity index is 480. The number of aromatic nitrogens is 1. The van der Waals surface area contributed by atoms with Crippen LogP contribution < -0.4 is 5.32 Å². The molecule has 0 saturated carbocycles. The molecule has 1 aromatic heterocycles. The largest absolute Gasteiger partial charge is 0.395 e. The molecule has 0 aliphatic carbocycles. The minimum absolute atomic E-state index is 0.0134. The van der Waals surface area contributed by atoms with E-state index < -0.39 is 0 Å². The molecule has 4 nitrogen and oxygen atoms in total. The molecule has 1 unspecified atom stereocenters. The Morgan fingerprint density at radius 3 is 3.11 bits per heavy atom. The third-order valence-electron chi connectivity index (χ3n) is 2.28. The van der Waals surface area contributed by atoms with Crippen molar-refractivity contribution in [1.82, 2.24) is 10.3 Å². The molecule has 1 aromatic rings. The molecule has 0 aromatic carbocycles. The maximum Gasteiger partial charge on any atom is 0.271 e. The third-order valence-corrected chi connectivity index (χ3v) is 3.11. The molecule has 0 spiro atoms. The van der Waals surface area contributed by atoms with Crippen LogP contribution in [0.15, 0.2) is 18.3 Å². The standard InChI is InChI=1S/C14H18N2O2S/c1-11(10-19-2)16-14(18)13-12(6-3-4-9-17)7-5-8-15-13/h5,7-8,11,17H,4,9-10H2,1-2H3,(H,16,18). The molecular formula is C14H18N2O2S. The van der Waals surface area contributed by atoms with Crippen molar-refractivity contribution in [2.45, 2.75) is 19.4 Å². The lowest BCUT2D eigenvalue weighted by molar-refractivity contribution is 0.0938. The van der Waals surface area contributed by atoms with Gasteiger partial charge in [-0.05, 0) is 25.3 Å². The van der Waals surface area contributed by atoms with Gasteiger partial charge in [-0.3, -0.25) is 4.79 Å². The highest BCUT2D eigenvalue weighted by molar-refractivity contribution is 7.98. The van der Waals surface area contributed by atoms with Crippen LogP contribution in [0, 0.1) is 11.8 Å². The number of pyridine rings is 1. The summed E-state index contributed by atoms with van der Waals surface area (Å²) in [6, 6.07) is 3.58. The number of carbonyl (C=O) groups excluding carboxylic acids is 1. The molecule has 0 bridgehead atoms. The first-order valence-corrected chi connectivity index (χ1v) is 7.43. The fourth-order valence-electron chi connectivity index (χ4n) is 1.48. The van der Waals surface area contributed by atoms with Crippen LogP contribution >= 0.6 is 11.8 Å². The Balaban J connectivity index is 2.82. The molecule has 1 atom stereocenters. The fraction of sp³-hybridized carbons (Fsp3) is 0.429. The average Bonchev–Trinajstić information content (AvgIpc) is 2.39. The van der Waals surface area contributed by atoms with Gasteiger partial charge in [0, 0.05) is 24.4 Å². The van der Waals surface area contributed by atoms with E-state index in [1.807, 2.05) is 13.2 Å². The van der Waals surface area contributed by atoms with E-state index in [0.29, 0.717) is 17.7 Å². The van der Waals surface area contributed by atoms with Crippen LogP contribution in [0.3, 0.4) is 0 Å². The van der Waals surface area contributed by atoms with Gasteiger partial charge in [0.1, 0.15) is 5.69 Å². The summed E-state index contributed by atoms with van der Waals surface area (Å²) in [6.07, 6.45) is 3.96. The SMILES string of the molecule is CSCC(C)NC(=O)c1ncccc1C#CCCO. The number of amides is 1. The van der Waals surface area contributed by atoms with E-state index in [2.05, 4.69) is 22.1 Å². The Hall–Kier alpha value is -1.51. The number of carbonyl (C=O) groups is 1. The predicted octanol–water partition coefficient (Wildman–Crippen LogP) is 1.30. The third kappa shape index (κ3) is 5.33. The van der Waals surface area contributed by atoms with Crippen molar-refractivity contribution in [1.29, 1.82) is 0 Å². The molecule has 0 radical (unpaired) electrons. The van der Waals surface area contributed by atoms with E-state index in [4.69, 9.17) is 5.11 Å². The van der Waals surface area contributed by atoms with E-state index >= 15 is 0 Å². The van der Waals surface area contributed by atoms with Gasteiger partial charge in [0.2, 0.25) is 0 Å². The van der Waals surface area contributed by atoms with Crippen LogP contribution in [0.25, 0.3) is 0 Å². The van der Waals surface area contributed by atoms with Crippen LogP contribution in [0.5, 0.6) is 0 Å². The van der Waals surface area contributed by atoms with Gasteiger partial charge in [-0.1, -0.05) is 11.8 Å². The number of hydrogen-bond donors (Lipinski definition) is 2. The van der Waals surface area contributed by atoms with Gasteiger partial charge in [-0.25, -0.2) is 4.98 Å². The lowest BCUT2D eigenvalue weighted by atomic mass is 10.1. The van der Waals surface area contributed by atoms with E-state index in [1.165, 1.54) is 0 Å². The highest BCUT2D eigenvalue weighted by atomic mass is 32.2. The highest BCUT2D eigenvalue weighted by Gasteiger charge is 2.13. The second kappa shape index (κ2) is 8.57. The summed E-state index contributed by atoms with van der Waals surface area (Å²) in [6.45, 7) is 1.97. The van der Waals surface area contributed by atoms with E-state index in [1.54, 1.807) is 30.1 Å². The highest BCUT2D eigenvalue weighted by Crippen LogP contribution is 2.05. The molecule has 0 aliphatic heterocycles. The zero-order valence-corrected chi connectivity index (χ0v) is 12.0. The van der Waals surface area contributed by atoms with Gasteiger partial charge in [0.05, 0.1) is 12.2 Å². The summed E-state index contributed by atoms with van der Waals surface area (Å²) >= 11 is 1.68.